The van der Waals surface area contributed by atoms with Gasteiger partial charge in [0, 0.05) is 63.9 Å². The molecule has 2 saturated heterocycles. The van der Waals surface area contributed by atoms with E-state index in [1.807, 2.05) is 23.1 Å². The lowest BCUT2D eigenvalue weighted by Crippen LogP contribution is -2.52. The molecule has 2 fully saturated rings. The highest BCUT2D eigenvalue weighted by Gasteiger charge is 2.35. The van der Waals surface area contributed by atoms with Crippen molar-refractivity contribution in [2.75, 3.05) is 37.6 Å². The second-order valence-corrected chi connectivity index (χ2v) is 6.42. The maximum atomic E-state index is 12.4. The van der Waals surface area contributed by atoms with Crippen LogP contribution in [0.5, 0.6) is 0 Å². The number of pyridine rings is 1. The fraction of sp³-hybridized carbons (Fsp3) is 0.444. The third-order valence-corrected chi connectivity index (χ3v) is 4.90. The second-order valence-electron chi connectivity index (χ2n) is 6.42. The smallest absolute Gasteiger partial charge is 0.225 e. The van der Waals surface area contributed by atoms with Gasteiger partial charge >= 0.3 is 0 Å². The van der Waals surface area contributed by atoms with Crippen molar-refractivity contribution in [3.63, 3.8) is 0 Å². The Balaban J connectivity index is 1.52. The maximum Gasteiger partial charge on any atom is 0.225 e. The largest absolute Gasteiger partial charge is 0.338 e. The van der Waals surface area contributed by atoms with Crippen molar-refractivity contribution in [3.05, 3.63) is 48.5 Å². The molecular formula is C18H22N6O. The highest BCUT2D eigenvalue weighted by Crippen LogP contribution is 2.30. The van der Waals surface area contributed by atoms with Crippen LogP contribution in [-0.4, -0.2) is 63.4 Å². The van der Waals surface area contributed by atoms with Gasteiger partial charge in [0.1, 0.15) is 6.17 Å². The number of hydrogen-bond donors (Lipinski definition) is 0. The fourth-order valence-electron chi connectivity index (χ4n) is 3.67. The lowest BCUT2D eigenvalue weighted by atomic mass is 10.1. The first-order valence-electron chi connectivity index (χ1n) is 8.78. The van der Waals surface area contributed by atoms with Crippen molar-refractivity contribution in [3.8, 4) is 0 Å². The SMILES string of the molecule is O=C1CCCN1C(c1ccncc1)N1CCN(c2ncccn2)CC1. The predicted molar refractivity (Wildman–Crippen MR) is 93.7 cm³/mol. The zero-order chi connectivity index (χ0) is 17.1. The molecule has 2 aliphatic heterocycles. The molecule has 130 valence electrons. The quantitative estimate of drug-likeness (QED) is 0.838. The number of hydrogen-bond acceptors (Lipinski definition) is 6. The summed E-state index contributed by atoms with van der Waals surface area (Å²) in [4.78, 5) is 31.8. The van der Waals surface area contributed by atoms with Gasteiger partial charge in [-0.2, -0.15) is 0 Å². The summed E-state index contributed by atoms with van der Waals surface area (Å²) in [6.07, 6.45) is 8.75. The van der Waals surface area contributed by atoms with E-state index in [1.165, 1.54) is 0 Å². The van der Waals surface area contributed by atoms with E-state index in [4.69, 9.17) is 0 Å². The molecule has 1 amide bonds. The topological polar surface area (TPSA) is 65.5 Å². The number of rotatable bonds is 4. The van der Waals surface area contributed by atoms with E-state index in [0.717, 1.165) is 50.7 Å². The molecule has 2 aromatic heterocycles. The van der Waals surface area contributed by atoms with Crippen molar-refractivity contribution in [1.82, 2.24) is 24.8 Å². The molecule has 2 aromatic rings. The lowest BCUT2D eigenvalue weighted by molar-refractivity contribution is -0.133. The molecule has 4 rings (SSSR count). The van der Waals surface area contributed by atoms with E-state index >= 15 is 0 Å². The summed E-state index contributed by atoms with van der Waals surface area (Å²) in [5.41, 5.74) is 1.13. The first kappa shape index (κ1) is 16.0. The minimum Gasteiger partial charge on any atom is -0.338 e. The van der Waals surface area contributed by atoms with Gasteiger partial charge in [-0.25, -0.2) is 9.97 Å². The van der Waals surface area contributed by atoms with Crippen LogP contribution < -0.4 is 4.90 Å². The normalized spacial score (nSPS) is 20.1. The van der Waals surface area contributed by atoms with E-state index in [-0.39, 0.29) is 12.1 Å². The van der Waals surface area contributed by atoms with Gasteiger partial charge in [0.2, 0.25) is 11.9 Å². The van der Waals surface area contributed by atoms with Crippen LogP contribution in [0.15, 0.2) is 43.0 Å². The zero-order valence-electron chi connectivity index (χ0n) is 14.2. The minimum absolute atomic E-state index is 0.00292. The molecule has 0 N–H and O–H groups in total. The average molecular weight is 338 g/mol. The number of carbonyl (C=O) groups is 1. The Labute approximate surface area is 147 Å². The molecule has 0 aromatic carbocycles. The molecule has 1 atom stereocenters. The van der Waals surface area contributed by atoms with Crippen molar-refractivity contribution < 1.29 is 4.79 Å². The first-order chi connectivity index (χ1) is 12.3. The number of amides is 1. The van der Waals surface area contributed by atoms with E-state index in [9.17, 15) is 4.79 Å². The van der Waals surface area contributed by atoms with Gasteiger partial charge in [-0.3, -0.25) is 14.7 Å². The van der Waals surface area contributed by atoms with E-state index < -0.39 is 0 Å². The Kier molecular flexibility index (Phi) is 4.56. The van der Waals surface area contributed by atoms with Crippen molar-refractivity contribution in [1.29, 1.82) is 0 Å². The maximum absolute atomic E-state index is 12.4. The summed E-state index contributed by atoms with van der Waals surface area (Å²) in [6.45, 7) is 4.28. The second kappa shape index (κ2) is 7.14. The Hall–Kier alpha value is -2.54. The van der Waals surface area contributed by atoms with Crippen molar-refractivity contribution in [2.24, 2.45) is 0 Å². The molecule has 2 aliphatic rings. The zero-order valence-corrected chi connectivity index (χ0v) is 14.2. The molecule has 0 radical (unpaired) electrons. The minimum atomic E-state index is -0.00292. The van der Waals surface area contributed by atoms with E-state index in [1.54, 1.807) is 24.8 Å². The van der Waals surface area contributed by atoms with Crippen LogP contribution >= 0.6 is 0 Å². The molecule has 0 spiro atoms. The van der Waals surface area contributed by atoms with Gasteiger partial charge in [-0.1, -0.05) is 0 Å². The molecule has 0 saturated carbocycles. The van der Waals surface area contributed by atoms with Gasteiger partial charge in [0.05, 0.1) is 0 Å². The van der Waals surface area contributed by atoms with Crippen LogP contribution in [0.3, 0.4) is 0 Å². The average Bonchev–Trinajstić information content (AvgIpc) is 3.10. The molecule has 0 aliphatic carbocycles. The third-order valence-electron chi connectivity index (χ3n) is 4.90. The third kappa shape index (κ3) is 3.32. The Morgan fingerprint density at radius 2 is 1.64 bits per heavy atom. The summed E-state index contributed by atoms with van der Waals surface area (Å²) in [5.74, 6) is 1.02. The summed E-state index contributed by atoms with van der Waals surface area (Å²) < 4.78 is 0. The lowest BCUT2D eigenvalue weighted by Gasteiger charge is -2.42. The van der Waals surface area contributed by atoms with Crippen LogP contribution in [0.2, 0.25) is 0 Å². The number of piperazine rings is 1. The molecule has 7 nitrogen and oxygen atoms in total. The van der Waals surface area contributed by atoms with Crippen LogP contribution in [-0.2, 0) is 4.79 Å². The molecule has 25 heavy (non-hydrogen) atoms. The van der Waals surface area contributed by atoms with Crippen molar-refractivity contribution in [2.45, 2.75) is 19.0 Å². The molecule has 1 unspecified atom stereocenters. The van der Waals surface area contributed by atoms with E-state index in [2.05, 4.69) is 24.8 Å². The predicted octanol–water partition coefficient (Wildman–Crippen LogP) is 1.31. The standard InChI is InChI=1S/C18H22N6O/c25-16-3-1-10-24(16)17(15-4-8-19-9-5-15)22-11-13-23(14-12-22)18-20-6-2-7-21-18/h2,4-9,17H,1,3,10-14H2. The summed E-state index contributed by atoms with van der Waals surface area (Å²) in [7, 11) is 0. The number of carbonyl (C=O) groups excluding carboxylic acids is 1. The number of likely N-dealkylation sites (tertiary alicyclic amines) is 1. The van der Waals surface area contributed by atoms with Gasteiger partial charge < -0.3 is 9.80 Å². The monoisotopic (exact) mass is 338 g/mol. The fourth-order valence-corrected chi connectivity index (χ4v) is 3.67. The summed E-state index contributed by atoms with van der Waals surface area (Å²) in [5, 5.41) is 0. The van der Waals surface area contributed by atoms with Gasteiger partial charge in [0.25, 0.3) is 0 Å². The van der Waals surface area contributed by atoms with Gasteiger partial charge in [0.15, 0.2) is 0 Å². The van der Waals surface area contributed by atoms with Crippen LogP contribution in [0, 0.1) is 0 Å². The van der Waals surface area contributed by atoms with Crippen LogP contribution in [0.25, 0.3) is 0 Å². The van der Waals surface area contributed by atoms with Gasteiger partial charge in [-0.05, 0) is 30.2 Å². The van der Waals surface area contributed by atoms with E-state index in [0.29, 0.717) is 6.42 Å². The Morgan fingerprint density at radius 3 is 2.28 bits per heavy atom. The number of aromatic nitrogens is 3. The summed E-state index contributed by atoms with van der Waals surface area (Å²) >= 11 is 0. The van der Waals surface area contributed by atoms with Gasteiger partial charge in [-0.15, -0.1) is 0 Å². The molecule has 4 heterocycles. The molecule has 7 heteroatoms. The molecule has 0 bridgehead atoms. The molecular weight excluding hydrogens is 316 g/mol. The van der Waals surface area contributed by atoms with Crippen LogP contribution in [0.4, 0.5) is 5.95 Å². The van der Waals surface area contributed by atoms with Crippen molar-refractivity contribution >= 4 is 11.9 Å². The highest BCUT2D eigenvalue weighted by molar-refractivity contribution is 5.78. The first-order valence-corrected chi connectivity index (χ1v) is 8.78. The van der Waals surface area contributed by atoms with Crippen LogP contribution in [0.1, 0.15) is 24.6 Å². The highest BCUT2D eigenvalue weighted by atomic mass is 16.2. The number of anilines is 1. The summed E-state index contributed by atoms with van der Waals surface area (Å²) in [6, 6.07) is 5.87. The Bertz CT molecular complexity index is 702. The Morgan fingerprint density at radius 1 is 0.920 bits per heavy atom. The number of nitrogens with zero attached hydrogens (tertiary/aromatic N) is 6.